The molecule has 0 aliphatic rings. The molecule has 0 aliphatic heterocycles. The summed E-state index contributed by atoms with van der Waals surface area (Å²) in [6, 6.07) is 24.6. The zero-order chi connectivity index (χ0) is 20.2. The van der Waals surface area contributed by atoms with Crippen molar-refractivity contribution in [2.24, 2.45) is 5.10 Å². The van der Waals surface area contributed by atoms with Crippen molar-refractivity contribution in [1.29, 1.82) is 0 Å². The van der Waals surface area contributed by atoms with Gasteiger partial charge in [-0.2, -0.15) is 5.10 Å². The fraction of sp³-hybridized carbons (Fsp3) is 0.120. The van der Waals surface area contributed by atoms with E-state index in [9.17, 15) is 4.79 Å². The van der Waals surface area contributed by atoms with Gasteiger partial charge in [0.1, 0.15) is 0 Å². The number of aryl methyl sites for hydroxylation is 2. The van der Waals surface area contributed by atoms with Crippen molar-refractivity contribution in [2.45, 2.75) is 13.8 Å². The van der Waals surface area contributed by atoms with Crippen molar-refractivity contribution in [1.82, 2.24) is 5.43 Å². The van der Waals surface area contributed by atoms with Crippen molar-refractivity contribution >= 4 is 39.4 Å². The van der Waals surface area contributed by atoms with Crippen LogP contribution in [0, 0.1) is 13.8 Å². The van der Waals surface area contributed by atoms with E-state index in [2.05, 4.69) is 60.0 Å². The van der Waals surface area contributed by atoms with Gasteiger partial charge in [-0.1, -0.05) is 54.6 Å². The molecule has 0 atom stereocenters. The van der Waals surface area contributed by atoms with Gasteiger partial charge in [-0.3, -0.25) is 4.79 Å². The molecule has 0 spiro atoms. The van der Waals surface area contributed by atoms with Crippen LogP contribution in [0.1, 0.15) is 16.7 Å². The second-order valence-electron chi connectivity index (χ2n) is 7.18. The van der Waals surface area contributed by atoms with Crippen LogP contribution in [0.2, 0.25) is 0 Å². The molecule has 4 nitrogen and oxygen atoms in total. The normalized spacial score (nSPS) is 11.2. The van der Waals surface area contributed by atoms with Crippen molar-refractivity contribution in [3.63, 3.8) is 0 Å². The number of rotatable bonds is 5. The number of fused-ring (bicyclic) bond motifs is 2. The SMILES string of the molecule is Cc1ccc(NCC(=O)N/N=C\c2c3ccccc3cc3ccccc23)cc1C. The van der Waals surface area contributed by atoms with Crippen molar-refractivity contribution < 1.29 is 4.79 Å². The summed E-state index contributed by atoms with van der Waals surface area (Å²) in [6.45, 7) is 4.28. The molecule has 4 heteroatoms. The number of carbonyl (C=O) groups is 1. The predicted octanol–water partition coefficient (Wildman–Crippen LogP) is 5.17. The molecular formula is C25H23N3O. The van der Waals surface area contributed by atoms with Crippen LogP contribution in [-0.2, 0) is 4.79 Å². The van der Waals surface area contributed by atoms with Crippen LogP contribution in [0.3, 0.4) is 0 Å². The topological polar surface area (TPSA) is 53.5 Å². The highest BCUT2D eigenvalue weighted by Crippen LogP contribution is 2.27. The van der Waals surface area contributed by atoms with E-state index in [1.807, 2.05) is 42.5 Å². The number of hydrogen-bond donors (Lipinski definition) is 2. The molecule has 29 heavy (non-hydrogen) atoms. The molecule has 144 valence electrons. The third kappa shape index (κ3) is 4.11. The Morgan fingerprint density at radius 3 is 2.17 bits per heavy atom. The average molecular weight is 381 g/mol. The summed E-state index contributed by atoms with van der Waals surface area (Å²) >= 11 is 0. The molecular weight excluding hydrogens is 358 g/mol. The smallest absolute Gasteiger partial charge is 0.259 e. The van der Waals surface area contributed by atoms with Gasteiger partial charge in [0, 0.05) is 11.3 Å². The first kappa shape index (κ1) is 18.7. The van der Waals surface area contributed by atoms with Gasteiger partial charge in [-0.05, 0) is 64.7 Å². The first-order chi connectivity index (χ1) is 14.1. The Balaban J connectivity index is 1.50. The Labute approximate surface area is 170 Å². The van der Waals surface area contributed by atoms with E-state index < -0.39 is 0 Å². The minimum Gasteiger partial charge on any atom is -0.376 e. The van der Waals surface area contributed by atoms with Crippen LogP contribution in [-0.4, -0.2) is 18.7 Å². The molecule has 0 fully saturated rings. The molecule has 0 saturated carbocycles. The van der Waals surface area contributed by atoms with Crippen LogP contribution in [0.15, 0.2) is 77.9 Å². The van der Waals surface area contributed by atoms with Crippen LogP contribution in [0.4, 0.5) is 5.69 Å². The molecule has 1 amide bonds. The van der Waals surface area contributed by atoms with E-state index in [0.717, 1.165) is 32.8 Å². The maximum absolute atomic E-state index is 12.2. The Bertz CT molecular complexity index is 1170. The highest BCUT2D eigenvalue weighted by Gasteiger charge is 2.06. The van der Waals surface area contributed by atoms with E-state index in [-0.39, 0.29) is 12.5 Å². The summed E-state index contributed by atoms with van der Waals surface area (Å²) in [4.78, 5) is 12.2. The zero-order valence-corrected chi connectivity index (χ0v) is 16.6. The van der Waals surface area contributed by atoms with E-state index in [1.54, 1.807) is 6.21 Å². The van der Waals surface area contributed by atoms with Gasteiger partial charge in [-0.15, -0.1) is 0 Å². The van der Waals surface area contributed by atoms with Crippen LogP contribution in [0.25, 0.3) is 21.5 Å². The van der Waals surface area contributed by atoms with E-state index >= 15 is 0 Å². The van der Waals surface area contributed by atoms with Crippen LogP contribution in [0.5, 0.6) is 0 Å². The summed E-state index contributed by atoms with van der Waals surface area (Å²) in [6.07, 6.45) is 1.73. The lowest BCUT2D eigenvalue weighted by Gasteiger charge is -2.09. The standard InChI is InChI=1S/C25H23N3O/c1-17-11-12-21(13-18(17)2)26-16-25(29)28-27-15-24-22-9-5-3-7-19(22)14-20-8-4-6-10-23(20)24/h3-15,26H,16H2,1-2H3,(H,28,29)/b27-15-. The van der Waals surface area contributed by atoms with Gasteiger partial charge >= 0.3 is 0 Å². The van der Waals surface area contributed by atoms with Crippen molar-refractivity contribution in [3.05, 3.63) is 89.5 Å². The summed E-state index contributed by atoms with van der Waals surface area (Å²) in [5.41, 5.74) is 6.97. The molecule has 0 bridgehead atoms. The van der Waals surface area contributed by atoms with Gasteiger partial charge in [-0.25, -0.2) is 5.43 Å². The van der Waals surface area contributed by atoms with Crippen molar-refractivity contribution in [3.8, 4) is 0 Å². The number of hydrogen-bond acceptors (Lipinski definition) is 3. The van der Waals surface area contributed by atoms with Gasteiger partial charge in [0.05, 0.1) is 12.8 Å². The van der Waals surface area contributed by atoms with E-state index in [0.29, 0.717) is 0 Å². The minimum atomic E-state index is -0.191. The summed E-state index contributed by atoms with van der Waals surface area (Å²) < 4.78 is 0. The maximum Gasteiger partial charge on any atom is 0.259 e. The van der Waals surface area contributed by atoms with E-state index in [1.165, 1.54) is 11.1 Å². The maximum atomic E-state index is 12.2. The minimum absolute atomic E-state index is 0.163. The van der Waals surface area contributed by atoms with Gasteiger partial charge < -0.3 is 5.32 Å². The highest BCUT2D eigenvalue weighted by atomic mass is 16.2. The van der Waals surface area contributed by atoms with E-state index in [4.69, 9.17) is 0 Å². The molecule has 0 aromatic heterocycles. The third-order valence-electron chi connectivity index (χ3n) is 5.16. The Morgan fingerprint density at radius 1 is 0.862 bits per heavy atom. The summed E-state index contributed by atoms with van der Waals surface area (Å²) in [5, 5.41) is 11.9. The zero-order valence-electron chi connectivity index (χ0n) is 16.6. The fourth-order valence-electron chi connectivity index (χ4n) is 3.43. The van der Waals surface area contributed by atoms with Gasteiger partial charge in [0.25, 0.3) is 5.91 Å². The third-order valence-corrected chi connectivity index (χ3v) is 5.16. The molecule has 4 rings (SSSR count). The summed E-state index contributed by atoms with van der Waals surface area (Å²) in [5.74, 6) is -0.191. The first-order valence-electron chi connectivity index (χ1n) is 9.65. The lowest BCUT2D eigenvalue weighted by Crippen LogP contribution is -2.25. The molecule has 0 aliphatic carbocycles. The molecule has 4 aromatic carbocycles. The number of nitrogens with zero attached hydrogens (tertiary/aromatic N) is 1. The molecule has 2 N–H and O–H groups in total. The number of hydrazone groups is 1. The van der Waals surface area contributed by atoms with Gasteiger partial charge in [0.2, 0.25) is 0 Å². The molecule has 0 saturated heterocycles. The number of carbonyl (C=O) groups excluding carboxylic acids is 1. The average Bonchev–Trinajstić information content (AvgIpc) is 2.74. The lowest BCUT2D eigenvalue weighted by atomic mass is 9.97. The second kappa shape index (κ2) is 8.15. The lowest BCUT2D eigenvalue weighted by molar-refractivity contribution is -0.119. The Hall–Kier alpha value is -3.66. The monoisotopic (exact) mass is 381 g/mol. The largest absolute Gasteiger partial charge is 0.376 e. The number of nitrogens with one attached hydrogen (secondary N) is 2. The second-order valence-corrected chi connectivity index (χ2v) is 7.18. The Kier molecular flexibility index (Phi) is 5.25. The van der Waals surface area contributed by atoms with Crippen molar-refractivity contribution in [2.75, 3.05) is 11.9 Å². The van der Waals surface area contributed by atoms with Gasteiger partial charge in [0.15, 0.2) is 0 Å². The predicted molar refractivity (Wildman–Crippen MR) is 122 cm³/mol. The first-order valence-corrected chi connectivity index (χ1v) is 9.65. The molecule has 0 radical (unpaired) electrons. The molecule has 0 unspecified atom stereocenters. The number of amides is 1. The molecule has 0 heterocycles. The number of benzene rings is 4. The summed E-state index contributed by atoms with van der Waals surface area (Å²) in [7, 11) is 0. The Morgan fingerprint density at radius 2 is 1.52 bits per heavy atom. The molecule has 4 aromatic rings. The highest BCUT2D eigenvalue weighted by molar-refractivity contribution is 6.13. The number of anilines is 1. The van der Waals surface area contributed by atoms with Crippen LogP contribution >= 0.6 is 0 Å². The van der Waals surface area contributed by atoms with Crippen LogP contribution < -0.4 is 10.7 Å². The fourth-order valence-corrected chi connectivity index (χ4v) is 3.43. The quantitative estimate of drug-likeness (QED) is 0.285.